The molecule has 2 unspecified atom stereocenters. The largest absolute Gasteiger partial charge is 0.148 e. The molecular formula is C16H16BrClS. The number of hydrogen-bond acceptors (Lipinski definition) is 1. The molecule has 1 aliphatic carbocycles. The van der Waals surface area contributed by atoms with Gasteiger partial charge in [0.05, 0.1) is 5.38 Å². The van der Waals surface area contributed by atoms with Crippen molar-refractivity contribution in [1.29, 1.82) is 0 Å². The number of rotatable bonds is 2. The standard InChI is InChI=1S/C16H16BrClS/c17-13-9-14(19-10-13)8-12-6-3-5-11-4-1-2-7-15(11)16(12)18/h1-2,4,7,9-10,12,16H,3,5-6,8H2. The molecule has 0 amide bonds. The number of thiophene rings is 1. The molecule has 1 aliphatic rings. The first-order valence-corrected chi connectivity index (χ1v) is 8.80. The summed E-state index contributed by atoms with van der Waals surface area (Å²) < 4.78 is 1.19. The smallest absolute Gasteiger partial charge is 0.0619 e. The summed E-state index contributed by atoms with van der Waals surface area (Å²) in [4.78, 5) is 1.43. The van der Waals surface area contributed by atoms with E-state index in [2.05, 4.69) is 51.6 Å². The van der Waals surface area contributed by atoms with Crippen LogP contribution in [0, 0.1) is 5.92 Å². The zero-order valence-electron chi connectivity index (χ0n) is 10.6. The maximum absolute atomic E-state index is 6.77. The Morgan fingerprint density at radius 2 is 2.16 bits per heavy atom. The fourth-order valence-corrected chi connectivity index (χ4v) is 4.88. The normalized spacial score (nSPS) is 22.8. The topological polar surface area (TPSA) is 0 Å². The fourth-order valence-electron chi connectivity index (χ4n) is 2.91. The molecule has 3 heteroatoms. The summed E-state index contributed by atoms with van der Waals surface area (Å²) in [5.41, 5.74) is 2.79. The molecule has 0 N–H and O–H groups in total. The predicted octanol–water partition coefficient (Wildman–Crippen LogP) is 5.99. The Balaban J connectivity index is 1.83. The van der Waals surface area contributed by atoms with Crippen molar-refractivity contribution in [2.75, 3.05) is 0 Å². The third-order valence-corrected chi connectivity index (χ3v) is 6.18. The van der Waals surface area contributed by atoms with Crippen LogP contribution in [-0.4, -0.2) is 0 Å². The highest BCUT2D eigenvalue weighted by atomic mass is 79.9. The summed E-state index contributed by atoms with van der Waals surface area (Å²) >= 11 is 12.1. The van der Waals surface area contributed by atoms with Crippen molar-refractivity contribution in [3.8, 4) is 0 Å². The van der Waals surface area contributed by atoms with E-state index in [1.165, 1.54) is 39.7 Å². The number of benzene rings is 1. The maximum Gasteiger partial charge on any atom is 0.0619 e. The van der Waals surface area contributed by atoms with Crippen LogP contribution in [0.5, 0.6) is 0 Å². The lowest BCUT2D eigenvalue weighted by Gasteiger charge is -2.20. The van der Waals surface area contributed by atoms with Crippen molar-refractivity contribution in [3.63, 3.8) is 0 Å². The minimum absolute atomic E-state index is 0.152. The summed E-state index contributed by atoms with van der Waals surface area (Å²) in [5, 5.41) is 2.31. The van der Waals surface area contributed by atoms with Gasteiger partial charge < -0.3 is 0 Å². The van der Waals surface area contributed by atoms with Gasteiger partial charge >= 0.3 is 0 Å². The first-order valence-electron chi connectivity index (χ1n) is 6.69. The third-order valence-electron chi connectivity index (χ3n) is 3.87. The molecule has 2 atom stereocenters. The van der Waals surface area contributed by atoms with E-state index in [1.807, 2.05) is 11.3 Å². The Morgan fingerprint density at radius 1 is 1.32 bits per heavy atom. The molecule has 0 spiro atoms. The van der Waals surface area contributed by atoms with E-state index in [4.69, 9.17) is 11.6 Å². The SMILES string of the molecule is ClC1c2ccccc2CCCC1Cc1cc(Br)cs1. The highest BCUT2D eigenvalue weighted by Crippen LogP contribution is 2.40. The highest BCUT2D eigenvalue weighted by molar-refractivity contribution is 9.10. The quantitative estimate of drug-likeness (QED) is 0.459. The second-order valence-electron chi connectivity index (χ2n) is 5.19. The lowest BCUT2D eigenvalue weighted by atomic mass is 9.92. The molecule has 1 heterocycles. The monoisotopic (exact) mass is 354 g/mol. The average Bonchev–Trinajstić information content (AvgIpc) is 2.75. The molecule has 0 nitrogen and oxygen atoms in total. The molecule has 0 fully saturated rings. The van der Waals surface area contributed by atoms with Gasteiger partial charge in [0, 0.05) is 14.7 Å². The number of aryl methyl sites for hydroxylation is 1. The zero-order chi connectivity index (χ0) is 13.2. The van der Waals surface area contributed by atoms with Crippen LogP contribution < -0.4 is 0 Å². The lowest BCUT2D eigenvalue weighted by molar-refractivity contribution is 0.468. The van der Waals surface area contributed by atoms with Crippen molar-refractivity contribution >= 4 is 38.9 Å². The van der Waals surface area contributed by atoms with Crippen molar-refractivity contribution in [2.45, 2.75) is 31.1 Å². The van der Waals surface area contributed by atoms with Gasteiger partial charge in [-0.05, 0) is 64.7 Å². The Labute approximate surface area is 131 Å². The first kappa shape index (κ1) is 13.7. The molecule has 100 valence electrons. The van der Waals surface area contributed by atoms with Gasteiger partial charge in [-0.15, -0.1) is 22.9 Å². The molecule has 1 aromatic heterocycles. The van der Waals surface area contributed by atoms with Crippen LogP contribution in [0.2, 0.25) is 0 Å². The van der Waals surface area contributed by atoms with Crippen LogP contribution in [-0.2, 0) is 12.8 Å². The molecule has 0 saturated carbocycles. The van der Waals surface area contributed by atoms with Crippen molar-refractivity contribution in [1.82, 2.24) is 0 Å². The van der Waals surface area contributed by atoms with Crippen LogP contribution >= 0.6 is 38.9 Å². The predicted molar refractivity (Wildman–Crippen MR) is 87.2 cm³/mol. The Bertz CT molecular complexity index is 563. The maximum atomic E-state index is 6.77. The van der Waals surface area contributed by atoms with Crippen LogP contribution in [0.15, 0.2) is 40.2 Å². The lowest BCUT2D eigenvalue weighted by Crippen LogP contribution is -2.09. The molecular weight excluding hydrogens is 340 g/mol. The molecule has 0 saturated heterocycles. The zero-order valence-corrected chi connectivity index (χ0v) is 13.8. The second-order valence-corrected chi connectivity index (χ2v) is 7.57. The van der Waals surface area contributed by atoms with Gasteiger partial charge in [0.25, 0.3) is 0 Å². The molecule has 0 aliphatic heterocycles. The summed E-state index contributed by atoms with van der Waals surface area (Å²) in [5.74, 6) is 0.552. The van der Waals surface area contributed by atoms with Gasteiger partial charge in [0.2, 0.25) is 0 Å². The fraction of sp³-hybridized carbons (Fsp3) is 0.375. The summed E-state index contributed by atoms with van der Waals surface area (Å²) in [6, 6.07) is 10.9. The Hall–Kier alpha value is -0.310. The first-order chi connectivity index (χ1) is 9.24. The molecule has 3 rings (SSSR count). The van der Waals surface area contributed by atoms with Gasteiger partial charge in [-0.1, -0.05) is 24.3 Å². The van der Waals surface area contributed by atoms with E-state index in [0.717, 1.165) is 6.42 Å². The molecule has 0 bridgehead atoms. The van der Waals surface area contributed by atoms with Crippen LogP contribution in [0.4, 0.5) is 0 Å². The third kappa shape index (κ3) is 3.07. The van der Waals surface area contributed by atoms with Crippen molar-refractivity contribution in [3.05, 3.63) is 56.2 Å². The molecule has 0 radical (unpaired) electrons. The number of hydrogen-bond donors (Lipinski definition) is 0. The minimum Gasteiger partial charge on any atom is -0.148 e. The van der Waals surface area contributed by atoms with Gasteiger partial charge in [0.15, 0.2) is 0 Å². The van der Waals surface area contributed by atoms with Crippen molar-refractivity contribution in [2.24, 2.45) is 5.92 Å². The van der Waals surface area contributed by atoms with Crippen LogP contribution in [0.3, 0.4) is 0 Å². The van der Waals surface area contributed by atoms with E-state index in [9.17, 15) is 0 Å². The van der Waals surface area contributed by atoms with Crippen molar-refractivity contribution < 1.29 is 0 Å². The molecule has 2 aromatic rings. The van der Waals surface area contributed by atoms with E-state index in [-0.39, 0.29) is 5.38 Å². The van der Waals surface area contributed by atoms with Gasteiger partial charge in [-0.25, -0.2) is 0 Å². The Morgan fingerprint density at radius 3 is 2.95 bits per heavy atom. The number of halogens is 2. The average molecular weight is 356 g/mol. The van der Waals surface area contributed by atoms with Gasteiger partial charge in [-0.3, -0.25) is 0 Å². The van der Waals surface area contributed by atoms with E-state index in [0.29, 0.717) is 5.92 Å². The summed E-state index contributed by atoms with van der Waals surface area (Å²) in [6.07, 6.45) is 4.73. The molecule has 1 aromatic carbocycles. The highest BCUT2D eigenvalue weighted by Gasteiger charge is 2.26. The summed E-state index contributed by atoms with van der Waals surface area (Å²) in [6.45, 7) is 0. The summed E-state index contributed by atoms with van der Waals surface area (Å²) in [7, 11) is 0. The number of fused-ring (bicyclic) bond motifs is 1. The minimum atomic E-state index is 0.152. The van der Waals surface area contributed by atoms with Crippen LogP contribution in [0.25, 0.3) is 0 Å². The van der Waals surface area contributed by atoms with Crippen LogP contribution in [0.1, 0.15) is 34.2 Å². The molecule has 19 heavy (non-hydrogen) atoms. The van der Waals surface area contributed by atoms with Gasteiger partial charge in [0.1, 0.15) is 0 Å². The number of alkyl halides is 1. The Kier molecular flexibility index (Phi) is 4.30. The van der Waals surface area contributed by atoms with E-state index >= 15 is 0 Å². The van der Waals surface area contributed by atoms with Gasteiger partial charge in [-0.2, -0.15) is 0 Å². The van der Waals surface area contributed by atoms with E-state index < -0.39 is 0 Å². The van der Waals surface area contributed by atoms with E-state index in [1.54, 1.807) is 0 Å². The second kappa shape index (κ2) is 5.99.